The van der Waals surface area contributed by atoms with Crippen LogP contribution in [0.15, 0.2) is 45.6 Å². The number of fused-ring (bicyclic) bond motifs is 1. The number of phenolic OH excluding ortho intramolecular Hbond substituents is 8. The normalized spacial score (nSPS) is 21.7. The zero-order valence-corrected chi connectivity index (χ0v) is 22.3. The predicted molar refractivity (Wildman–Crippen MR) is 144 cm³/mol. The van der Waals surface area contributed by atoms with E-state index >= 15 is 0 Å². The lowest BCUT2D eigenvalue weighted by Crippen LogP contribution is -2.59. The lowest BCUT2D eigenvalue weighted by atomic mass is 9.99. The maximum absolute atomic E-state index is 13.6. The van der Waals surface area contributed by atoms with Crippen LogP contribution in [-0.4, -0.2) is 87.7 Å². The maximum atomic E-state index is 13.6. The Balaban J connectivity index is 1.57. The van der Waals surface area contributed by atoms with E-state index in [2.05, 4.69) is 0 Å². The van der Waals surface area contributed by atoms with Gasteiger partial charge in [0.05, 0.1) is 11.7 Å². The van der Waals surface area contributed by atoms with Crippen LogP contribution in [0.5, 0.6) is 51.7 Å². The molecule has 0 unspecified atom stereocenters. The summed E-state index contributed by atoms with van der Waals surface area (Å²) in [6, 6.07) is 5.08. The number of ether oxygens (including phenoxy) is 3. The molecule has 1 aliphatic heterocycles. The molecule has 0 aliphatic carbocycles. The van der Waals surface area contributed by atoms with E-state index in [9.17, 15) is 60.7 Å². The van der Waals surface area contributed by atoms with E-state index in [1.807, 2.05) is 0 Å². The quantitative estimate of drug-likeness (QED) is 0.111. The van der Waals surface area contributed by atoms with Crippen LogP contribution >= 0.6 is 0 Å². The van der Waals surface area contributed by atoms with Gasteiger partial charge in [0.15, 0.2) is 52.5 Å². The Morgan fingerprint density at radius 2 is 1.34 bits per heavy atom. The van der Waals surface area contributed by atoms with E-state index in [1.165, 1.54) is 6.92 Å². The second-order valence-corrected chi connectivity index (χ2v) is 9.83. The minimum atomic E-state index is -2.04. The number of aliphatic hydroxyl groups excluding tert-OH is 2. The van der Waals surface area contributed by atoms with Crippen molar-refractivity contribution in [3.63, 3.8) is 0 Å². The van der Waals surface area contributed by atoms with Crippen LogP contribution in [-0.2, 0) is 9.47 Å². The van der Waals surface area contributed by atoms with Gasteiger partial charge in [-0.15, -0.1) is 0 Å². The maximum Gasteiger partial charge on any atom is 0.338 e. The molecule has 1 saturated heterocycles. The largest absolute Gasteiger partial charge is 0.508 e. The first-order valence-electron chi connectivity index (χ1n) is 12.6. The Morgan fingerprint density at radius 1 is 0.773 bits per heavy atom. The van der Waals surface area contributed by atoms with Gasteiger partial charge in [-0.25, -0.2) is 4.79 Å². The van der Waals surface area contributed by atoms with Crippen molar-refractivity contribution in [1.29, 1.82) is 0 Å². The van der Waals surface area contributed by atoms with Crippen LogP contribution in [0.2, 0.25) is 0 Å². The molecule has 3 aromatic carbocycles. The summed E-state index contributed by atoms with van der Waals surface area (Å²) in [5, 5.41) is 100. The van der Waals surface area contributed by atoms with Gasteiger partial charge in [-0.05, 0) is 31.2 Å². The number of rotatable bonds is 5. The summed E-state index contributed by atoms with van der Waals surface area (Å²) >= 11 is 0. The molecule has 232 valence electrons. The Kier molecular flexibility index (Phi) is 7.42. The molecule has 0 spiro atoms. The summed E-state index contributed by atoms with van der Waals surface area (Å²) in [6.07, 6.45) is -8.66. The average molecular weight is 616 g/mol. The second-order valence-electron chi connectivity index (χ2n) is 9.83. The van der Waals surface area contributed by atoms with Gasteiger partial charge >= 0.3 is 5.97 Å². The van der Waals surface area contributed by atoms with Crippen molar-refractivity contribution in [3.8, 4) is 63.1 Å². The van der Waals surface area contributed by atoms with Crippen LogP contribution in [0, 0.1) is 0 Å². The van der Waals surface area contributed by atoms with Gasteiger partial charge in [0.1, 0.15) is 28.6 Å². The summed E-state index contributed by atoms with van der Waals surface area (Å²) in [7, 11) is 0. The summed E-state index contributed by atoms with van der Waals surface area (Å²) < 4.78 is 22.1. The first-order valence-corrected chi connectivity index (χ1v) is 12.6. The van der Waals surface area contributed by atoms with Crippen molar-refractivity contribution in [1.82, 2.24) is 0 Å². The molecule has 16 heteroatoms. The molecular formula is C28H24O16. The second kappa shape index (κ2) is 10.9. The summed E-state index contributed by atoms with van der Waals surface area (Å²) in [5.74, 6) is -9.03. The molecule has 16 nitrogen and oxygen atoms in total. The standard InChI is InChI=1S/C28H24O16/c1-8-19(35)25(43-27(40)10-4-15(33)21(37)16(34)5-10)23(39)28(41-8)44-26-22(38)18-12(30)6-11(29)7-17(18)42-24(26)9-2-13(31)20(36)14(32)3-9/h2-8,19,23,25,28-37,39H,1H3/t8-,19-,23-,25+,28+/m0/s1. The van der Waals surface area contributed by atoms with Gasteiger partial charge in [0, 0.05) is 17.7 Å². The van der Waals surface area contributed by atoms with Crippen molar-refractivity contribution in [2.45, 2.75) is 37.6 Å². The molecule has 5 atom stereocenters. The highest BCUT2D eigenvalue weighted by atomic mass is 16.7. The summed E-state index contributed by atoms with van der Waals surface area (Å²) in [4.78, 5) is 26.4. The first kappa shape index (κ1) is 29.9. The molecule has 1 fully saturated rings. The summed E-state index contributed by atoms with van der Waals surface area (Å²) in [6.45, 7) is 1.31. The SMILES string of the molecule is C[C@@H]1O[C@H](Oc2c(-c3cc(O)c(O)c(O)c3)oc3cc(O)cc(O)c3c2=O)[C@@H](O)[C@H](OC(=O)c2cc(O)c(O)c(O)c2)[C@H]1O. The Hall–Kier alpha value is -5.58. The third-order valence-corrected chi connectivity index (χ3v) is 6.81. The molecule has 0 amide bonds. The van der Waals surface area contributed by atoms with Crippen molar-refractivity contribution < 1.29 is 74.5 Å². The number of aliphatic hydroxyl groups is 2. The monoisotopic (exact) mass is 616 g/mol. The van der Waals surface area contributed by atoms with E-state index in [0.29, 0.717) is 0 Å². The molecule has 4 aromatic rings. The number of hydrogen-bond donors (Lipinski definition) is 10. The Labute approximate surface area is 244 Å². The molecule has 1 aromatic heterocycles. The van der Waals surface area contributed by atoms with Crippen molar-refractivity contribution in [2.24, 2.45) is 0 Å². The van der Waals surface area contributed by atoms with Crippen LogP contribution < -0.4 is 10.2 Å². The van der Waals surface area contributed by atoms with E-state index in [1.54, 1.807) is 0 Å². The highest BCUT2D eigenvalue weighted by Crippen LogP contribution is 2.43. The van der Waals surface area contributed by atoms with Crippen LogP contribution in [0.25, 0.3) is 22.3 Å². The Morgan fingerprint density at radius 3 is 1.93 bits per heavy atom. The number of carbonyl (C=O) groups excluding carboxylic acids is 1. The molecule has 0 saturated carbocycles. The highest BCUT2D eigenvalue weighted by molar-refractivity contribution is 5.91. The number of benzene rings is 3. The minimum Gasteiger partial charge on any atom is -0.508 e. The fourth-order valence-electron chi connectivity index (χ4n) is 4.56. The van der Waals surface area contributed by atoms with Gasteiger partial charge in [-0.3, -0.25) is 4.79 Å². The fourth-order valence-corrected chi connectivity index (χ4v) is 4.56. The highest BCUT2D eigenvalue weighted by Gasteiger charge is 2.47. The van der Waals surface area contributed by atoms with Gasteiger partial charge in [-0.2, -0.15) is 0 Å². The third kappa shape index (κ3) is 5.13. The van der Waals surface area contributed by atoms with E-state index in [0.717, 1.165) is 36.4 Å². The minimum absolute atomic E-state index is 0.261. The number of hydrogen-bond acceptors (Lipinski definition) is 16. The van der Waals surface area contributed by atoms with Crippen molar-refractivity contribution in [2.75, 3.05) is 0 Å². The molecule has 0 radical (unpaired) electrons. The molecule has 44 heavy (non-hydrogen) atoms. The zero-order valence-electron chi connectivity index (χ0n) is 22.3. The number of phenols is 8. The first-order chi connectivity index (χ1) is 20.7. The van der Waals surface area contributed by atoms with Crippen LogP contribution in [0.1, 0.15) is 17.3 Å². The van der Waals surface area contributed by atoms with Gasteiger partial charge < -0.3 is 69.7 Å². The predicted octanol–water partition coefficient (Wildman–Crippen LogP) is 1.18. The topological polar surface area (TPSA) is 277 Å². The van der Waals surface area contributed by atoms with E-state index in [4.69, 9.17) is 18.6 Å². The van der Waals surface area contributed by atoms with Gasteiger partial charge in [0.2, 0.25) is 17.5 Å². The molecule has 5 rings (SSSR count). The number of esters is 1. The molecule has 0 bridgehead atoms. The zero-order chi connectivity index (χ0) is 32.2. The van der Waals surface area contributed by atoms with Gasteiger partial charge in [-0.1, -0.05) is 0 Å². The summed E-state index contributed by atoms with van der Waals surface area (Å²) in [5.41, 5.74) is -2.20. The smallest absolute Gasteiger partial charge is 0.338 e. The van der Waals surface area contributed by atoms with Crippen LogP contribution in [0.3, 0.4) is 0 Å². The lowest BCUT2D eigenvalue weighted by Gasteiger charge is -2.40. The number of carbonyl (C=O) groups is 1. The van der Waals surface area contributed by atoms with E-state index < -0.39 is 111 Å². The van der Waals surface area contributed by atoms with E-state index in [-0.39, 0.29) is 11.1 Å². The van der Waals surface area contributed by atoms with Crippen molar-refractivity contribution >= 4 is 16.9 Å². The Bertz CT molecular complexity index is 1800. The molecular weight excluding hydrogens is 592 g/mol. The van der Waals surface area contributed by atoms with Gasteiger partial charge in [0.25, 0.3) is 0 Å². The molecule has 1 aliphatic rings. The number of aromatic hydroxyl groups is 8. The van der Waals surface area contributed by atoms with Crippen molar-refractivity contribution in [3.05, 3.63) is 52.2 Å². The lowest BCUT2D eigenvalue weighted by molar-refractivity contribution is -0.267. The third-order valence-electron chi connectivity index (χ3n) is 6.81. The fraction of sp³-hybridized carbons (Fsp3) is 0.214. The average Bonchev–Trinajstić information content (AvgIpc) is 2.95. The van der Waals surface area contributed by atoms with Crippen LogP contribution in [0.4, 0.5) is 0 Å². The molecule has 2 heterocycles. The molecule has 10 N–H and O–H groups in total.